The number of amides is 1. The molecular weight excluding hydrogens is 386 g/mol. The molecule has 0 spiro atoms. The predicted molar refractivity (Wildman–Crippen MR) is 111 cm³/mol. The molecule has 3 rings (SSSR count). The van der Waals surface area contributed by atoms with Crippen LogP contribution in [0.15, 0.2) is 82.6 Å². The monoisotopic (exact) mass is 403 g/mol. The Bertz CT molecular complexity index is 1080. The Kier molecular flexibility index (Phi) is 6.61. The van der Waals surface area contributed by atoms with Crippen molar-refractivity contribution in [2.45, 2.75) is 16.2 Å². The lowest BCUT2D eigenvalue weighted by molar-refractivity contribution is -0.384. The first-order valence-corrected chi connectivity index (χ1v) is 9.67. The third-order valence-electron chi connectivity index (χ3n) is 4.21. The summed E-state index contributed by atoms with van der Waals surface area (Å²) in [4.78, 5) is 24.5. The minimum atomic E-state index is -0.440. The lowest BCUT2D eigenvalue weighted by Crippen LogP contribution is -2.26. The van der Waals surface area contributed by atoms with Crippen LogP contribution in [0, 0.1) is 21.4 Å². The first-order chi connectivity index (χ1) is 14.1. The summed E-state index contributed by atoms with van der Waals surface area (Å²) in [6, 6.07) is 23.0. The SMILES string of the molecule is N#Cc1ccccc1Sc1ccccc1C(=O)NCCc1ccc([N+](=O)[O-])cc1. The number of nitriles is 1. The molecule has 0 radical (unpaired) electrons. The Labute approximate surface area is 172 Å². The molecule has 3 aromatic carbocycles. The highest BCUT2D eigenvalue weighted by molar-refractivity contribution is 7.99. The number of nitrogens with zero attached hydrogens (tertiary/aromatic N) is 2. The number of hydrogen-bond donors (Lipinski definition) is 1. The maximum absolute atomic E-state index is 12.7. The van der Waals surface area contributed by atoms with Gasteiger partial charge in [0, 0.05) is 28.5 Å². The molecule has 0 atom stereocenters. The van der Waals surface area contributed by atoms with E-state index in [1.165, 1.54) is 23.9 Å². The highest BCUT2D eigenvalue weighted by Gasteiger charge is 2.13. The molecule has 0 aliphatic rings. The molecule has 29 heavy (non-hydrogen) atoms. The van der Waals surface area contributed by atoms with E-state index in [0.717, 1.165) is 15.4 Å². The molecule has 7 heteroatoms. The molecule has 144 valence electrons. The summed E-state index contributed by atoms with van der Waals surface area (Å²) in [5.41, 5.74) is 2.04. The van der Waals surface area contributed by atoms with Crippen molar-refractivity contribution in [2.75, 3.05) is 6.54 Å². The molecule has 0 aliphatic heterocycles. The predicted octanol–water partition coefficient (Wildman–Crippen LogP) is 4.59. The average Bonchev–Trinajstić information content (AvgIpc) is 2.75. The van der Waals surface area contributed by atoms with Crippen molar-refractivity contribution in [1.29, 1.82) is 5.26 Å². The first-order valence-electron chi connectivity index (χ1n) is 8.86. The maximum Gasteiger partial charge on any atom is 0.269 e. The molecule has 0 saturated heterocycles. The van der Waals surface area contributed by atoms with Crippen LogP contribution in [-0.2, 0) is 6.42 Å². The molecule has 0 saturated carbocycles. The Morgan fingerprint density at radius 2 is 1.66 bits per heavy atom. The number of carbonyl (C=O) groups is 1. The second kappa shape index (κ2) is 9.53. The summed E-state index contributed by atoms with van der Waals surface area (Å²) in [6.45, 7) is 0.407. The van der Waals surface area contributed by atoms with Gasteiger partial charge in [0.2, 0.25) is 0 Å². The smallest absolute Gasteiger partial charge is 0.269 e. The number of rotatable bonds is 7. The van der Waals surface area contributed by atoms with E-state index in [9.17, 15) is 20.2 Å². The molecule has 0 fully saturated rings. The fourth-order valence-electron chi connectivity index (χ4n) is 2.71. The number of non-ortho nitro benzene ring substituents is 1. The second-order valence-electron chi connectivity index (χ2n) is 6.14. The van der Waals surface area contributed by atoms with Gasteiger partial charge in [-0.25, -0.2) is 0 Å². The van der Waals surface area contributed by atoms with E-state index in [1.807, 2.05) is 24.3 Å². The molecular formula is C22H17N3O3S. The zero-order valence-corrected chi connectivity index (χ0v) is 16.2. The van der Waals surface area contributed by atoms with E-state index in [2.05, 4.69) is 11.4 Å². The zero-order valence-electron chi connectivity index (χ0n) is 15.4. The van der Waals surface area contributed by atoms with Gasteiger partial charge in [0.1, 0.15) is 6.07 Å². The molecule has 1 amide bonds. The number of carbonyl (C=O) groups excluding carboxylic acids is 1. The van der Waals surface area contributed by atoms with E-state index in [4.69, 9.17) is 0 Å². The van der Waals surface area contributed by atoms with Crippen molar-refractivity contribution < 1.29 is 9.72 Å². The van der Waals surface area contributed by atoms with Gasteiger partial charge in [0.15, 0.2) is 0 Å². The first kappa shape index (κ1) is 20.1. The third kappa shape index (κ3) is 5.21. The maximum atomic E-state index is 12.7. The zero-order chi connectivity index (χ0) is 20.6. The van der Waals surface area contributed by atoms with Gasteiger partial charge in [-0.15, -0.1) is 0 Å². The topological polar surface area (TPSA) is 96.0 Å². The Morgan fingerprint density at radius 1 is 1.00 bits per heavy atom. The second-order valence-corrected chi connectivity index (χ2v) is 7.22. The lowest BCUT2D eigenvalue weighted by atomic mass is 10.1. The standard InChI is InChI=1S/C22H17N3O3S/c23-15-17-5-1-3-7-20(17)29-21-8-4-2-6-19(21)22(26)24-14-13-16-9-11-18(12-10-16)25(27)28/h1-12H,13-14H2,(H,24,26). The van der Waals surface area contributed by atoms with Gasteiger partial charge in [0.05, 0.1) is 16.1 Å². The van der Waals surface area contributed by atoms with E-state index >= 15 is 0 Å². The van der Waals surface area contributed by atoms with Crippen LogP contribution < -0.4 is 5.32 Å². The van der Waals surface area contributed by atoms with Gasteiger partial charge in [0.25, 0.3) is 11.6 Å². The summed E-state index contributed by atoms with van der Waals surface area (Å²) in [6.07, 6.45) is 0.566. The summed E-state index contributed by atoms with van der Waals surface area (Å²) in [7, 11) is 0. The summed E-state index contributed by atoms with van der Waals surface area (Å²) >= 11 is 1.38. The van der Waals surface area contributed by atoms with Crippen LogP contribution in [0.3, 0.4) is 0 Å². The lowest BCUT2D eigenvalue weighted by Gasteiger charge is -2.11. The summed E-state index contributed by atoms with van der Waals surface area (Å²) in [5.74, 6) is -0.204. The quantitative estimate of drug-likeness (QED) is 0.460. The molecule has 1 N–H and O–H groups in total. The number of nitro benzene ring substituents is 1. The van der Waals surface area contributed by atoms with Crippen molar-refractivity contribution in [3.63, 3.8) is 0 Å². The molecule has 0 unspecified atom stereocenters. The van der Waals surface area contributed by atoms with Crippen molar-refractivity contribution in [3.05, 3.63) is 99.6 Å². The van der Waals surface area contributed by atoms with Crippen LogP contribution in [0.25, 0.3) is 0 Å². The molecule has 0 aliphatic carbocycles. The molecule has 6 nitrogen and oxygen atoms in total. The average molecular weight is 403 g/mol. The number of nitrogens with one attached hydrogen (secondary N) is 1. The highest BCUT2D eigenvalue weighted by atomic mass is 32.2. The molecule has 0 aromatic heterocycles. The highest BCUT2D eigenvalue weighted by Crippen LogP contribution is 2.32. The summed E-state index contributed by atoms with van der Waals surface area (Å²) in [5, 5.41) is 22.9. The van der Waals surface area contributed by atoms with E-state index < -0.39 is 4.92 Å². The van der Waals surface area contributed by atoms with E-state index in [0.29, 0.717) is 24.1 Å². The van der Waals surface area contributed by atoms with Crippen molar-refractivity contribution >= 4 is 23.4 Å². The van der Waals surface area contributed by atoms with Crippen LogP contribution in [0.4, 0.5) is 5.69 Å². The van der Waals surface area contributed by atoms with Crippen molar-refractivity contribution in [3.8, 4) is 6.07 Å². The van der Waals surface area contributed by atoms with Gasteiger partial charge in [-0.2, -0.15) is 5.26 Å². The molecule has 3 aromatic rings. The van der Waals surface area contributed by atoms with Crippen LogP contribution >= 0.6 is 11.8 Å². The van der Waals surface area contributed by atoms with E-state index in [1.54, 1.807) is 36.4 Å². The Balaban J connectivity index is 1.65. The van der Waals surface area contributed by atoms with Crippen LogP contribution in [0.5, 0.6) is 0 Å². The van der Waals surface area contributed by atoms with Gasteiger partial charge >= 0.3 is 0 Å². The molecule has 0 heterocycles. The van der Waals surface area contributed by atoms with Crippen molar-refractivity contribution in [2.24, 2.45) is 0 Å². The Morgan fingerprint density at radius 3 is 2.34 bits per heavy atom. The number of nitro groups is 1. The minimum absolute atomic E-state index is 0.0430. The Hall–Kier alpha value is -3.63. The summed E-state index contributed by atoms with van der Waals surface area (Å²) < 4.78 is 0. The van der Waals surface area contributed by atoms with Gasteiger partial charge < -0.3 is 5.32 Å². The normalized spacial score (nSPS) is 10.2. The fourth-order valence-corrected chi connectivity index (χ4v) is 3.73. The molecule has 0 bridgehead atoms. The van der Waals surface area contributed by atoms with Crippen LogP contribution in [0.1, 0.15) is 21.5 Å². The van der Waals surface area contributed by atoms with Crippen molar-refractivity contribution in [1.82, 2.24) is 5.32 Å². The van der Waals surface area contributed by atoms with Crippen LogP contribution in [0.2, 0.25) is 0 Å². The van der Waals surface area contributed by atoms with E-state index in [-0.39, 0.29) is 11.6 Å². The largest absolute Gasteiger partial charge is 0.352 e. The van der Waals surface area contributed by atoms with Crippen LogP contribution in [-0.4, -0.2) is 17.4 Å². The van der Waals surface area contributed by atoms with Gasteiger partial charge in [-0.3, -0.25) is 14.9 Å². The third-order valence-corrected chi connectivity index (χ3v) is 5.36. The number of benzene rings is 3. The minimum Gasteiger partial charge on any atom is -0.352 e. The van der Waals surface area contributed by atoms with Gasteiger partial charge in [-0.05, 0) is 36.2 Å². The van der Waals surface area contributed by atoms with Gasteiger partial charge in [-0.1, -0.05) is 48.2 Å². The fraction of sp³-hybridized carbons (Fsp3) is 0.0909. The number of hydrogen-bond acceptors (Lipinski definition) is 5.